The monoisotopic (exact) mass is 191 g/mol. The van der Waals surface area contributed by atoms with Crippen molar-refractivity contribution in [2.45, 2.75) is 6.73 Å². The first-order valence-corrected chi connectivity index (χ1v) is 4.54. The second-order valence-electron chi connectivity index (χ2n) is 2.66. The topological polar surface area (TPSA) is 42.2 Å². The van der Waals surface area contributed by atoms with E-state index in [-0.39, 0.29) is 11.6 Å². The van der Waals surface area contributed by atoms with Crippen LogP contribution in [0.5, 0.6) is 0 Å². The van der Waals surface area contributed by atoms with Crippen LogP contribution in [0, 0.1) is 0 Å². The van der Waals surface area contributed by atoms with E-state index in [1.165, 1.54) is 4.57 Å². The van der Waals surface area contributed by atoms with Crippen molar-refractivity contribution < 1.29 is 5.11 Å². The molecule has 0 aliphatic heterocycles. The lowest BCUT2D eigenvalue weighted by Crippen LogP contribution is -2.12. The summed E-state index contributed by atoms with van der Waals surface area (Å²) < 4.78 is 2.11. The molecule has 2 radical (unpaired) electrons. The molecule has 1 N–H and O–H groups in total. The van der Waals surface area contributed by atoms with Crippen LogP contribution in [0.4, 0.5) is 0 Å². The molecule has 0 spiro atoms. The Morgan fingerprint density at radius 3 is 3.00 bits per heavy atom. The van der Waals surface area contributed by atoms with Crippen LogP contribution in [0.15, 0.2) is 23.0 Å². The fourth-order valence-corrected chi connectivity index (χ4v) is 2.15. The van der Waals surface area contributed by atoms with Crippen LogP contribution in [-0.2, 0) is 6.73 Å². The van der Waals surface area contributed by atoms with Crippen molar-refractivity contribution in [2.75, 3.05) is 0 Å². The normalized spacial score (nSPS) is 10.8. The van der Waals surface area contributed by atoms with Crippen molar-refractivity contribution in [3.63, 3.8) is 0 Å². The van der Waals surface area contributed by atoms with Gasteiger partial charge in [0, 0.05) is 0 Å². The molecule has 64 valence electrons. The van der Waals surface area contributed by atoms with Crippen molar-refractivity contribution in [1.29, 1.82) is 0 Å². The number of benzene rings is 1. The molecule has 0 atom stereocenters. The Kier molecular flexibility index (Phi) is 1.98. The number of aliphatic hydroxyl groups is 1. The fraction of sp³-hybridized carbons (Fsp3) is 0.125. The molecule has 0 unspecified atom stereocenters. The molecule has 5 heteroatoms. The molecule has 0 aliphatic rings. The number of fused-ring (bicyclic) bond motifs is 1. The molecule has 2 rings (SSSR count). The molecule has 0 bridgehead atoms. The van der Waals surface area contributed by atoms with Crippen LogP contribution in [0.1, 0.15) is 0 Å². The van der Waals surface area contributed by atoms with Gasteiger partial charge < -0.3 is 5.11 Å². The summed E-state index contributed by atoms with van der Waals surface area (Å²) in [5.41, 5.74) is 1.35. The van der Waals surface area contributed by atoms with Gasteiger partial charge in [0.05, 0.1) is 10.2 Å². The molecule has 1 aromatic carbocycles. The van der Waals surface area contributed by atoms with Gasteiger partial charge >= 0.3 is 4.87 Å². The number of hydrogen-bond donors (Lipinski definition) is 1. The SMILES string of the molecule is [B]c1ccc2c(c1)sc(=O)n2CO. The predicted molar refractivity (Wildman–Crippen MR) is 53.7 cm³/mol. The Hall–Kier alpha value is -1.07. The smallest absolute Gasteiger partial charge is 0.310 e. The van der Waals surface area contributed by atoms with Crippen molar-refractivity contribution in [3.05, 3.63) is 27.9 Å². The summed E-state index contributed by atoms with van der Waals surface area (Å²) in [6.45, 7) is -0.289. The lowest BCUT2D eigenvalue weighted by atomic mass is 9.97. The van der Waals surface area contributed by atoms with Gasteiger partial charge in [-0.15, -0.1) is 0 Å². The van der Waals surface area contributed by atoms with Crippen LogP contribution in [0.3, 0.4) is 0 Å². The van der Waals surface area contributed by atoms with Crippen LogP contribution in [0.25, 0.3) is 10.2 Å². The molecule has 0 saturated heterocycles. The highest BCUT2D eigenvalue weighted by molar-refractivity contribution is 7.16. The van der Waals surface area contributed by atoms with Gasteiger partial charge in [-0.2, -0.15) is 0 Å². The highest BCUT2D eigenvalue weighted by Crippen LogP contribution is 2.14. The van der Waals surface area contributed by atoms with Gasteiger partial charge in [-0.05, 0) is 12.1 Å². The predicted octanol–water partition coefficient (Wildman–Crippen LogP) is -0.193. The van der Waals surface area contributed by atoms with E-state index in [2.05, 4.69) is 0 Å². The molecule has 0 amide bonds. The number of nitrogens with zero attached hydrogens (tertiary/aromatic N) is 1. The van der Waals surface area contributed by atoms with Crippen molar-refractivity contribution >= 4 is 34.9 Å². The van der Waals surface area contributed by atoms with Crippen LogP contribution in [0.2, 0.25) is 0 Å². The number of hydrogen-bond acceptors (Lipinski definition) is 3. The third kappa shape index (κ3) is 1.30. The third-order valence-corrected chi connectivity index (χ3v) is 2.78. The van der Waals surface area contributed by atoms with E-state index < -0.39 is 0 Å². The molecule has 3 nitrogen and oxygen atoms in total. The summed E-state index contributed by atoms with van der Waals surface area (Å²) in [7, 11) is 5.56. The maximum Gasteiger partial charge on any atom is 0.310 e. The number of thiazole rings is 1. The molecule has 2 aromatic rings. The Labute approximate surface area is 79.7 Å². The third-order valence-electron chi connectivity index (χ3n) is 1.83. The quantitative estimate of drug-likeness (QED) is 0.634. The highest BCUT2D eigenvalue weighted by Gasteiger charge is 2.04. The largest absolute Gasteiger partial charge is 0.376 e. The van der Waals surface area contributed by atoms with E-state index in [1.54, 1.807) is 18.2 Å². The summed E-state index contributed by atoms with van der Waals surface area (Å²) in [6, 6.07) is 5.17. The average Bonchev–Trinajstić information content (AvgIpc) is 2.39. The summed E-state index contributed by atoms with van der Waals surface area (Å²) >= 11 is 1.08. The molecular weight excluding hydrogens is 185 g/mol. The summed E-state index contributed by atoms with van der Waals surface area (Å²) in [5.74, 6) is 0. The lowest BCUT2D eigenvalue weighted by Gasteiger charge is -1.97. The van der Waals surface area contributed by atoms with Gasteiger partial charge in [-0.25, -0.2) is 0 Å². The van der Waals surface area contributed by atoms with Gasteiger partial charge in [-0.1, -0.05) is 22.9 Å². The molecule has 13 heavy (non-hydrogen) atoms. The highest BCUT2D eigenvalue weighted by atomic mass is 32.1. The Bertz CT molecular complexity index is 502. The summed E-state index contributed by atoms with van der Waals surface area (Å²) in [5, 5.41) is 8.91. The zero-order valence-corrected chi connectivity index (χ0v) is 7.54. The van der Waals surface area contributed by atoms with Gasteiger partial charge in [0.15, 0.2) is 0 Å². The fourth-order valence-electron chi connectivity index (χ4n) is 1.22. The van der Waals surface area contributed by atoms with Crippen LogP contribution in [-0.4, -0.2) is 17.5 Å². The van der Waals surface area contributed by atoms with Gasteiger partial charge in [0.2, 0.25) is 0 Å². The van der Waals surface area contributed by atoms with Crippen molar-refractivity contribution in [3.8, 4) is 0 Å². The molecule has 1 aromatic heterocycles. The first-order valence-electron chi connectivity index (χ1n) is 3.72. The van der Waals surface area contributed by atoms with E-state index >= 15 is 0 Å². The minimum absolute atomic E-state index is 0.164. The molecular formula is C8H6BNO2S. The standard InChI is InChI=1S/C8H6BNO2S/c9-5-1-2-6-7(3-5)13-8(12)10(6)4-11/h1-3,11H,4H2. The van der Waals surface area contributed by atoms with E-state index in [0.717, 1.165) is 21.6 Å². The van der Waals surface area contributed by atoms with E-state index in [4.69, 9.17) is 13.0 Å². The maximum absolute atomic E-state index is 11.3. The zero-order chi connectivity index (χ0) is 9.42. The number of rotatable bonds is 1. The Morgan fingerprint density at radius 2 is 2.31 bits per heavy atom. The second kappa shape index (κ2) is 3.01. The van der Waals surface area contributed by atoms with E-state index in [9.17, 15) is 4.79 Å². The summed E-state index contributed by atoms with van der Waals surface area (Å²) in [4.78, 5) is 11.1. The Balaban J connectivity index is 2.87. The molecule has 0 fully saturated rings. The number of aromatic nitrogens is 1. The van der Waals surface area contributed by atoms with Gasteiger partial charge in [0.25, 0.3) is 0 Å². The van der Waals surface area contributed by atoms with E-state index in [0.29, 0.717) is 5.46 Å². The van der Waals surface area contributed by atoms with Crippen LogP contribution >= 0.6 is 11.3 Å². The maximum atomic E-state index is 11.3. The average molecular weight is 191 g/mol. The van der Waals surface area contributed by atoms with Gasteiger partial charge in [-0.3, -0.25) is 9.36 Å². The van der Waals surface area contributed by atoms with Gasteiger partial charge in [0.1, 0.15) is 14.6 Å². The summed E-state index contributed by atoms with van der Waals surface area (Å²) in [6.07, 6.45) is 0. The molecule has 0 saturated carbocycles. The molecule has 0 aliphatic carbocycles. The second-order valence-corrected chi connectivity index (χ2v) is 3.66. The zero-order valence-electron chi connectivity index (χ0n) is 6.73. The minimum Gasteiger partial charge on any atom is -0.376 e. The molecule has 1 heterocycles. The first-order chi connectivity index (χ1) is 6.22. The van der Waals surface area contributed by atoms with Crippen molar-refractivity contribution in [2.24, 2.45) is 0 Å². The minimum atomic E-state index is -0.289. The lowest BCUT2D eigenvalue weighted by molar-refractivity contribution is 0.213. The number of aliphatic hydroxyl groups excluding tert-OH is 1. The Morgan fingerprint density at radius 1 is 1.54 bits per heavy atom. The first kappa shape index (κ1) is 8.53. The van der Waals surface area contributed by atoms with Crippen molar-refractivity contribution in [1.82, 2.24) is 4.57 Å². The van der Waals surface area contributed by atoms with Crippen LogP contribution < -0.4 is 10.3 Å². The van der Waals surface area contributed by atoms with E-state index in [1.807, 2.05) is 0 Å².